The second kappa shape index (κ2) is 3.93. The Morgan fingerprint density at radius 3 is 2.75 bits per heavy atom. The van der Waals surface area contributed by atoms with Crippen LogP contribution >= 0.6 is 12.4 Å². The molecule has 1 nitrogen and oxygen atoms in total. The van der Waals surface area contributed by atoms with Crippen LogP contribution in [0.25, 0.3) is 0 Å². The molecule has 1 aliphatic rings. The summed E-state index contributed by atoms with van der Waals surface area (Å²) < 4.78 is 0. The SMILES string of the molecule is CCC1C=CCN1.Cl. The summed E-state index contributed by atoms with van der Waals surface area (Å²) in [4.78, 5) is 0. The molecule has 0 radical (unpaired) electrons. The first-order valence-electron chi connectivity index (χ1n) is 2.83. The van der Waals surface area contributed by atoms with Gasteiger partial charge in [0.1, 0.15) is 0 Å². The van der Waals surface area contributed by atoms with Crippen molar-refractivity contribution >= 4 is 12.4 Å². The van der Waals surface area contributed by atoms with Crippen molar-refractivity contribution in [2.75, 3.05) is 6.54 Å². The molecular weight excluding hydrogens is 122 g/mol. The molecule has 0 aromatic carbocycles. The first-order chi connectivity index (χ1) is 3.43. The highest BCUT2D eigenvalue weighted by Gasteiger charge is 2.01. The van der Waals surface area contributed by atoms with Crippen molar-refractivity contribution in [2.45, 2.75) is 19.4 Å². The zero-order valence-corrected chi connectivity index (χ0v) is 5.87. The fourth-order valence-corrected chi connectivity index (χ4v) is 0.800. The molecule has 0 aromatic rings. The lowest BCUT2D eigenvalue weighted by Crippen LogP contribution is -2.20. The molecule has 0 aliphatic carbocycles. The molecule has 1 N–H and O–H groups in total. The fraction of sp³-hybridized carbons (Fsp3) is 0.667. The van der Waals surface area contributed by atoms with Gasteiger partial charge in [0.05, 0.1) is 0 Å². The average molecular weight is 134 g/mol. The smallest absolute Gasteiger partial charge is 0.0250 e. The molecule has 0 bridgehead atoms. The molecule has 1 unspecified atom stereocenters. The minimum atomic E-state index is 0. The van der Waals surface area contributed by atoms with E-state index in [9.17, 15) is 0 Å². The van der Waals surface area contributed by atoms with Crippen molar-refractivity contribution in [1.29, 1.82) is 0 Å². The third-order valence-corrected chi connectivity index (χ3v) is 1.31. The van der Waals surface area contributed by atoms with E-state index in [1.807, 2.05) is 0 Å². The van der Waals surface area contributed by atoms with Crippen molar-refractivity contribution in [3.8, 4) is 0 Å². The van der Waals surface area contributed by atoms with Crippen molar-refractivity contribution < 1.29 is 0 Å². The average Bonchev–Trinajstić information content (AvgIpc) is 2.14. The van der Waals surface area contributed by atoms with Crippen molar-refractivity contribution in [1.82, 2.24) is 5.32 Å². The fourth-order valence-electron chi connectivity index (χ4n) is 0.800. The number of hydrogen-bond donors (Lipinski definition) is 1. The van der Waals surface area contributed by atoms with E-state index < -0.39 is 0 Å². The van der Waals surface area contributed by atoms with Gasteiger partial charge < -0.3 is 5.32 Å². The summed E-state index contributed by atoms with van der Waals surface area (Å²) in [6, 6.07) is 0.667. The summed E-state index contributed by atoms with van der Waals surface area (Å²) in [7, 11) is 0. The van der Waals surface area contributed by atoms with Crippen LogP contribution in [-0.2, 0) is 0 Å². The number of halogens is 1. The predicted octanol–water partition coefficient (Wildman–Crippen LogP) is 1.35. The zero-order valence-electron chi connectivity index (χ0n) is 5.05. The Kier molecular flexibility index (Phi) is 3.92. The maximum atomic E-state index is 3.30. The van der Waals surface area contributed by atoms with E-state index >= 15 is 0 Å². The first kappa shape index (κ1) is 7.99. The maximum Gasteiger partial charge on any atom is 0.0250 e. The van der Waals surface area contributed by atoms with Gasteiger partial charge in [-0.1, -0.05) is 19.1 Å². The number of rotatable bonds is 1. The minimum Gasteiger partial charge on any atom is -0.307 e. The second-order valence-electron chi connectivity index (χ2n) is 1.85. The Balaban J connectivity index is 0.000000490. The Morgan fingerprint density at radius 2 is 2.50 bits per heavy atom. The van der Waals surface area contributed by atoms with E-state index in [1.54, 1.807) is 0 Å². The molecular formula is C6H12ClN. The van der Waals surface area contributed by atoms with Crippen LogP contribution in [-0.4, -0.2) is 12.6 Å². The first-order valence-corrected chi connectivity index (χ1v) is 2.83. The molecule has 1 atom stereocenters. The van der Waals surface area contributed by atoms with E-state index in [0.717, 1.165) is 6.54 Å². The third kappa shape index (κ3) is 1.85. The van der Waals surface area contributed by atoms with Crippen molar-refractivity contribution in [3.05, 3.63) is 12.2 Å². The van der Waals surface area contributed by atoms with E-state index in [-0.39, 0.29) is 12.4 Å². The van der Waals surface area contributed by atoms with Crippen LogP contribution in [0.1, 0.15) is 13.3 Å². The van der Waals surface area contributed by atoms with Crippen LogP contribution in [0.2, 0.25) is 0 Å². The summed E-state index contributed by atoms with van der Waals surface area (Å²) in [6.45, 7) is 3.26. The molecule has 0 aromatic heterocycles. The van der Waals surface area contributed by atoms with Gasteiger partial charge >= 0.3 is 0 Å². The molecule has 0 amide bonds. The highest BCUT2D eigenvalue weighted by molar-refractivity contribution is 5.85. The Bertz CT molecular complexity index is 80.6. The summed E-state index contributed by atoms with van der Waals surface area (Å²) in [6.07, 6.45) is 5.62. The second-order valence-corrected chi connectivity index (χ2v) is 1.85. The Morgan fingerprint density at radius 1 is 1.75 bits per heavy atom. The van der Waals surface area contributed by atoms with Gasteiger partial charge in [-0.05, 0) is 6.42 Å². The molecule has 2 heteroatoms. The monoisotopic (exact) mass is 133 g/mol. The highest BCUT2D eigenvalue weighted by Crippen LogP contribution is 1.96. The summed E-state index contributed by atoms with van der Waals surface area (Å²) in [5.41, 5.74) is 0. The van der Waals surface area contributed by atoms with Gasteiger partial charge in [0.2, 0.25) is 0 Å². The quantitative estimate of drug-likeness (QED) is 0.533. The Labute approximate surface area is 56.6 Å². The molecule has 0 saturated carbocycles. The molecule has 1 rings (SSSR count). The van der Waals surface area contributed by atoms with Crippen molar-refractivity contribution in [3.63, 3.8) is 0 Å². The minimum absolute atomic E-state index is 0. The molecule has 8 heavy (non-hydrogen) atoms. The van der Waals surface area contributed by atoms with Crippen LogP contribution in [0.4, 0.5) is 0 Å². The normalized spacial score (nSPS) is 25.4. The molecule has 0 spiro atoms. The summed E-state index contributed by atoms with van der Waals surface area (Å²) in [5.74, 6) is 0. The van der Waals surface area contributed by atoms with E-state index in [0.29, 0.717) is 6.04 Å². The van der Waals surface area contributed by atoms with Gasteiger partial charge in [0.25, 0.3) is 0 Å². The van der Waals surface area contributed by atoms with Crippen LogP contribution in [0, 0.1) is 0 Å². The van der Waals surface area contributed by atoms with Crippen molar-refractivity contribution in [2.24, 2.45) is 0 Å². The standard InChI is InChI=1S/C6H11N.ClH/c1-2-6-4-3-5-7-6;/h3-4,6-7H,2,5H2,1H3;1H. The number of nitrogens with one attached hydrogen (secondary N) is 1. The van der Waals surface area contributed by atoms with Gasteiger partial charge in [-0.15, -0.1) is 12.4 Å². The molecule has 1 heterocycles. The lowest BCUT2D eigenvalue weighted by molar-refractivity contribution is 0.649. The topological polar surface area (TPSA) is 12.0 Å². The van der Waals surface area contributed by atoms with Crippen LogP contribution < -0.4 is 5.32 Å². The van der Waals surface area contributed by atoms with Crippen LogP contribution in [0.3, 0.4) is 0 Å². The van der Waals surface area contributed by atoms with Crippen LogP contribution in [0.5, 0.6) is 0 Å². The largest absolute Gasteiger partial charge is 0.307 e. The lowest BCUT2D eigenvalue weighted by atomic mass is 10.2. The summed E-state index contributed by atoms with van der Waals surface area (Å²) in [5, 5.41) is 3.30. The molecule has 1 aliphatic heterocycles. The van der Waals surface area contributed by atoms with Gasteiger partial charge in [-0.2, -0.15) is 0 Å². The lowest BCUT2D eigenvalue weighted by Gasteiger charge is -2.01. The Hall–Kier alpha value is -0.0100. The van der Waals surface area contributed by atoms with E-state index in [1.165, 1.54) is 6.42 Å². The maximum absolute atomic E-state index is 3.30. The third-order valence-electron chi connectivity index (χ3n) is 1.31. The van der Waals surface area contributed by atoms with E-state index in [4.69, 9.17) is 0 Å². The molecule has 0 saturated heterocycles. The highest BCUT2D eigenvalue weighted by atomic mass is 35.5. The predicted molar refractivity (Wildman–Crippen MR) is 38.5 cm³/mol. The van der Waals surface area contributed by atoms with Gasteiger partial charge in [0, 0.05) is 12.6 Å². The molecule has 48 valence electrons. The summed E-state index contributed by atoms with van der Waals surface area (Å²) >= 11 is 0. The molecule has 0 fully saturated rings. The van der Waals surface area contributed by atoms with Gasteiger partial charge in [-0.3, -0.25) is 0 Å². The van der Waals surface area contributed by atoms with Crippen LogP contribution in [0.15, 0.2) is 12.2 Å². The van der Waals surface area contributed by atoms with Gasteiger partial charge in [-0.25, -0.2) is 0 Å². The van der Waals surface area contributed by atoms with E-state index in [2.05, 4.69) is 24.4 Å². The number of hydrogen-bond acceptors (Lipinski definition) is 1. The van der Waals surface area contributed by atoms with Gasteiger partial charge in [0.15, 0.2) is 0 Å². The zero-order chi connectivity index (χ0) is 5.11.